The van der Waals surface area contributed by atoms with Crippen LogP contribution in [0, 0.1) is 0 Å². The molecule has 94 valence electrons. The number of hydrogen-bond acceptors (Lipinski definition) is 1. The first-order valence-electron chi connectivity index (χ1n) is 5.59. The molecule has 0 radical (unpaired) electrons. The predicted molar refractivity (Wildman–Crippen MR) is 61.0 cm³/mol. The van der Waals surface area contributed by atoms with Crippen molar-refractivity contribution in [2.24, 2.45) is 0 Å². The summed E-state index contributed by atoms with van der Waals surface area (Å²) in [6.45, 7) is 0.743. The normalized spacial score (nSPS) is 21.5. The summed E-state index contributed by atoms with van der Waals surface area (Å²) in [5.74, 6) is 0. The van der Waals surface area contributed by atoms with E-state index in [1.165, 1.54) is 12.1 Å². The van der Waals surface area contributed by atoms with E-state index < -0.39 is 11.7 Å². The van der Waals surface area contributed by atoms with Crippen molar-refractivity contribution in [3.8, 4) is 0 Å². The lowest BCUT2D eigenvalue weighted by Gasteiger charge is -2.27. The van der Waals surface area contributed by atoms with E-state index in [2.05, 4.69) is 5.32 Å². The number of piperidine rings is 1. The van der Waals surface area contributed by atoms with Gasteiger partial charge >= 0.3 is 6.18 Å². The van der Waals surface area contributed by atoms with E-state index >= 15 is 0 Å². The number of halogens is 4. The second-order valence-electron chi connectivity index (χ2n) is 4.20. The fourth-order valence-corrected chi connectivity index (χ4v) is 2.54. The molecular formula is C12H13ClF3N. The average molecular weight is 264 g/mol. The van der Waals surface area contributed by atoms with Gasteiger partial charge in [0, 0.05) is 11.1 Å². The topological polar surface area (TPSA) is 12.0 Å². The van der Waals surface area contributed by atoms with Crippen molar-refractivity contribution in [2.45, 2.75) is 31.5 Å². The molecule has 0 bridgehead atoms. The maximum absolute atomic E-state index is 12.9. The van der Waals surface area contributed by atoms with Crippen LogP contribution in [0.3, 0.4) is 0 Å². The second-order valence-corrected chi connectivity index (χ2v) is 4.61. The molecule has 5 heteroatoms. The van der Waals surface area contributed by atoms with Gasteiger partial charge in [0.2, 0.25) is 0 Å². The Kier molecular flexibility index (Phi) is 3.64. The molecule has 1 saturated heterocycles. The fourth-order valence-electron chi connectivity index (χ4n) is 2.24. The van der Waals surface area contributed by atoms with Crippen molar-refractivity contribution in [1.29, 1.82) is 0 Å². The molecule has 2 rings (SSSR count). The number of alkyl halides is 3. The first-order valence-corrected chi connectivity index (χ1v) is 5.97. The smallest absolute Gasteiger partial charge is 0.310 e. The largest absolute Gasteiger partial charge is 0.416 e. The van der Waals surface area contributed by atoms with Crippen LogP contribution < -0.4 is 5.32 Å². The predicted octanol–water partition coefficient (Wildman–Crippen LogP) is 4.17. The highest BCUT2D eigenvalue weighted by molar-refractivity contribution is 6.31. The first kappa shape index (κ1) is 12.7. The number of nitrogens with one attached hydrogen (secondary N) is 1. The Hall–Kier alpha value is -0.740. The van der Waals surface area contributed by atoms with Gasteiger partial charge in [0.1, 0.15) is 0 Å². The van der Waals surface area contributed by atoms with Gasteiger partial charge in [-0.1, -0.05) is 24.1 Å². The standard InChI is InChI=1S/C12H13ClF3N/c13-9-5-3-4-8(12(14,15)16)11(9)10-6-1-2-7-17-10/h3-5,10,17H,1-2,6-7H2/t10-/m0/s1. The average Bonchev–Trinajstić information content (AvgIpc) is 2.28. The lowest BCUT2D eigenvalue weighted by molar-refractivity contribution is -0.138. The summed E-state index contributed by atoms with van der Waals surface area (Å²) in [5, 5.41) is 3.30. The number of rotatable bonds is 1. The van der Waals surface area contributed by atoms with Crippen LogP contribution in [0.5, 0.6) is 0 Å². The molecule has 1 aromatic rings. The minimum atomic E-state index is -4.35. The van der Waals surface area contributed by atoms with E-state index in [4.69, 9.17) is 11.6 Å². The van der Waals surface area contributed by atoms with Crippen molar-refractivity contribution < 1.29 is 13.2 Å². The zero-order valence-corrected chi connectivity index (χ0v) is 9.91. The highest BCUT2D eigenvalue weighted by Crippen LogP contribution is 2.39. The monoisotopic (exact) mass is 263 g/mol. The van der Waals surface area contributed by atoms with Gasteiger partial charge in [-0.2, -0.15) is 13.2 Å². The van der Waals surface area contributed by atoms with Crippen molar-refractivity contribution >= 4 is 11.6 Å². The minimum Gasteiger partial charge on any atom is -0.310 e. The van der Waals surface area contributed by atoms with Gasteiger partial charge in [-0.15, -0.1) is 0 Å². The van der Waals surface area contributed by atoms with Crippen LogP contribution in [-0.2, 0) is 6.18 Å². The van der Waals surface area contributed by atoms with Crippen LogP contribution in [0.2, 0.25) is 5.02 Å². The van der Waals surface area contributed by atoms with Crippen molar-refractivity contribution in [3.63, 3.8) is 0 Å². The summed E-state index contributed by atoms with van der Waals surface area (Å²) in [6, 6.07) is 3.67. The van der Waals surface area contributed by atoms with Crippen LogP contribution in [0.1, 0.15) is 36.4 Å². The van der Waals surface area contributed by atoms with Crippen molar-refractivity contribution in [2.75, 3.05) is 6.54 Å². The summed E-state index contributed by atoms with van der Waals surface area (Å²) in [5.41, 5.74) is -0.425. The lowest BCUT2D eigenvalue weighted by atomic mass is 9.93. The third kappa shape index (κ3) is 2.75. The van der Waals surface area contributed by atoms with E-state index in [0.717, 1.165) is 25.5 Å². The van der Waals surface area contributed by atoms with Gasteiger partial charge in [-0.3, -0.25) is 0 Å². The Morgan fingerprint density at radius 3 is 2.59 bits per heavy atom. The summed E-state index contributed by atoms with van der Waals surface area (Å²) in [6.07, 6.45) is -1.71. The third-order valence-corrected chi connectivity index (χ3v) is 3.35. The Balaban J connectivity index is 2.43. The SMILES string of the molecule is FC(F)(F)c1cccc(Cl)c1[C@@H]1CCCCN1. The lowest BCUT2D eigenvalue weighted by Crippen LogP contribution is -2.29. The molecule has 1 aliphatic heterocycles. The maximum Gasteiger partial charge on any atom is 0.416 e. The minimum absolute atomic E-state index is 0.194. The van der Waals surface area contributed by atoms with Gasteiger partial charge in [-0.25, -0.2) is 0 Å². The van der Waals surface area contributed by atoms with E-state index in [1.807, 2.05) is 0 Å². The third-order valence-electron chi connectivity index (χ3n) is 3.02. The Morgan fingerprint density at radius 1 is 1.24 bits per heavy atom. The van der Waals surface area contributed by atoms with Gasteiger partial charge in [0.25, 0.3) is 0 Å². The Morgan fingerprint density at radius 2 is 2.00 bits per heavy atom. The molecule has 0 unspecified atom stereocenters. The van der Waals surface area contributed by atoms with Gasteiger partial charge in [-0.05, 0) is 37.1 Å². The molecule has 0 amide bonds. The van der Waals surface area contributed by atoms with E-state index in [9.17, 15) is 13.2 Å². The van der Waals surface area contributed by atoms with E-state index in [0.29, 0.717) is 6.42 Å². The van der Waals surface area contributed by atoms with Crippen LogP contribution in [0.25, 0.3) is 0 Å². The highest BCUT2D eigenvalue weighted by atomic mass is 35.5. The first-order chi connectivity index (χ1) is 8.00. The second kappa shape index (κ2) is 4.86. The van der Waals surface area contributed by atoms with Crippen molar-refractivity contribution in [1.82, 2.24) is 5.32 Å². The fraction of sp³-hybridized carbons (Fsp3) is 0.500. The number of benzene rings is 1. The quantitative estimate of drug-likeness (QED) is 0.802. The summed E-state index contributed by atoms with van der Waals surface area (Å²) >= 11 is 5.93. The molecule has 1 heterocycles. The summed E-state index contributed by atoms with van der Waals surface area (Å²) in [7, 11) is 0. The zero-order valence-electron chi connectivity index (χ0n) is 9.15. The molecule has 1 atom stereocenters. The van der Waals surface area contributed by atoms with Crippen LogP contribution in [0.4, 0.5) is 13.2 Å². The molecule has 1 nitrogen and oxygen atoms in total. The van der Waals surface area contributed by atoms with Gasteiger partial charge < -0.3 is 5.32 Å². The molecule has 1 fully saturated rings. The number of hydrogen-bond donors (Lipinski definition) is 1. The zero-order chi connectivity index (χ0) is 12.5. The Labute approximate surface area is 103 Å². The Bertz CT molecular complexity index is 397. The van der Waals surface area contributed by atoms with E-state index in [1.54, 1.807) is 0 Å². The van der Waals surface area contributed by atoms with Crippen LogP contribution in [-0.4, -0.2) is 6.54 Å². The molecule has 17 heavy (non-hydrogen) atoms. The molecular weight excluding hydrogens is 251 g/mol. The maximum atomic E-state index is 12.9. The summed E-state index contributed by atoms with van der Waals surface area (Å²) < 4.78 is 38.7. The van der Waals surface area contributed by atoms with Gasteiger partial charge in [0.15, 0.2) is 0 Å². The molecule has 0 spiro atoms. The molecule has 1 aliphatic rings. The molecule has 1 N–H and O–H groups in total. The summed E-state index contributed by atoms with van der Waals surface area (Å²) in [4.78, 5) is 0. The molecule has 0 aromatic heterocycles. The highest BCUT2D eigenvalue weighted by Gasteiger charge is 2.36. The van der Waals surface area contributed by atoms with Crippen molar-refractivity contribution in [3.05, 3.63) is 34.3 Å². The van der Waals surface area contributed by atoms with Gasteiger partial charge in [0.05, 0.1) is 5.56 Å². The molecule has 0 saturated carbocycles. The molecule has 1 aromatic carbocycles. The van der Waals surface area contributed by atoms with Crippen LogP contribution in [0.15, 0.2) is 18.2 Å². The van der Waals surface area contributed by atoms with E-state index in [-0.39, 0.29) is 16.6 Å². The van der Waals surface area contributed by atoms with Crippen LogP contribution >= 0.6 is 11.6 Å². The molecule has 0 aliphatic carbocycles.